The Kier molecular flexibility index (Phi) is 6.99. The normalized spacial score (nSPS) is 10.2. The van der Waals surface area contributed by atoms with E-state index < -0.39 is 36.7 Å². The van der Waals surface area contributed by atoms with Gasteiger partial charge in [-0.05, 0) is 36.4 Å². The number of ether oxygens (including phenoxy) is 2. The summed E-state index contributed by atoms with van der Waals surface area (Å²) in [6, 6.07) is 8.81. The third-order valence-corrected chi connectivity index (χ3v) is 3.42. The number of nitrogens with one attached hydrogen (secondary N) is 1. The number of amides is 1. The molecule has 2 aromatic rings. The molecule has 0 aliphatic carbocycles. The van der Waals surface area contributed by atoms with Crippen molar-refractivity contribution < 1.29 is 32.6 Å². The first kappa shape index (κ1) is 20.0. The van der Waals surface area contributed by atoms with Gasteiger partial charge in [-0.2, -0.15) is 0 Å². The Morgan fingerprint density at radius 1 is 1.00 bits per heavy atom. The number of ketones is 1. The van der Waals surface area contributed by atoms with E-state index in [1.165, 1.54) is 12.1 Å². The molecule has 0 fully saturated rings. The molecule has 27 heavy (non-hydrogen) atoms. The summed E-state index contributed by atoms with van der Waals surface area (Å²) in [6.07, 6.45) is 0.383. The number of carbonyl (C=O) groups excluding carboxylic acids is 3. The lowest BCUT2D eigenvalue weighted by atomic mass is 10.1. The van der Waals surface area contributed by atoms with Crippen LogP contribution in [-0.4, -0.2) is 30.9 Å². The molecule has 2 aromatic carbocycles. The van der Waals surface area contributed by atoms with Crippen LogP contribution < -0.4 is 10.1 Å². The molecule has 0 atom stereocenters. The topological polar surface area (TPSA) is 81.7 Å². The number of hydrogen-bond donors (Lipinski definition) is 1. The molecular formula is C19H17F2NO5. The average Bonchev–Trinajstić information content (AvgIpc) is 2.67. The third-order valence-electron chi connectivity index (χ3n) is 3.42. The number of Topliss-reactive ketones (excluding diaryl/α,β-unsaturated/α-hetero) is 1. The second kappa shape index (κ2) is 9.42. The van der Waals surface area contributed by atoms with Gasteiger partial charge >= 0.3 is 5.97 Å². The van der Waals surface area contributed by atoms with Crippen molar-refractivity contribution in [2.24, 2.45) is 0 Å². The van der Waals surface area contributed by atoms with Gasteiger partial charge in [0.05, 0.1) is 5.69 Å². The Morgan fingerprint density at radius 2 is 1.70 bits per heavy atom. The molecule has 0 saturated carbocycles. The minimum absolute atomic E-state index is 0.0123. The molecule has 142 valence electrons. The molecule has 1 N–H and O–H groups in total. The summed E-state index contributed by atoms with van der Waals surface area (Å²) >= 11 is 0. The highest BCUT2D eigenvalue weighted by atomic mass is 19.1. The zero-order chi connectivity index (χ0) is 19.8. The number of hydrogen-bond acceptors (Lipinski definition) is 5. The van der Waals surface area contributed by atoms with Gasteiger partial charge in [0, 0.05) is 18.1 Å². The average molecular weight is 377 g/mol. The van der Waals surface area contributed by atoms with Crippen LogP contribution in [0.25, 0.3) is 0 Å². The van der Waals surface area contributed by atoms with Crippen molar-refractivity contribution >= 4 is 23.3 Å². The maximum atomic E-state index is 13.4. The molecule has 0 unspecified atom stereocenters. The molecule has 0 bridgehead atoms. The van der Waals surface area contributed by atoms with Crippen molar-refractivity contribution in [3.8, 4) is 5.75 Å². The van der Waals surface area contributed by atoms with Crippen LogP contribution in [0.5, 0.6) is 5.75 Å². The van der Waals surface area contributed by atoms with Gasteiger partial charge in [0.2, 0.25) is 0 Å². The summed E-state index contributed by atoms with van der Waals surface area (Å²) in [5.74, 6) is -2.84. The summed E-state index contributed by atoms with van der Waals surface area (Å²) in [5.41, 5.74) is 0.183. The third kappa shape index (κ3) is 6.18. The molecule has 0 heterocycles. The fourth-order valence-electron chi connectivity index (χ4n) is 2.05. The molecule has 0 aliphatic rings. The van der Waals surface area contributed by atoms with Crippen LogP contribution in [0.2, 0.25) is 0 Å². The van der Waals surface area contributed by atoms with Crippen LogP contribution in [0, 0.1) is 11.6 Å². The predicted molar refractivity (Wildman–Crippen MR) is 92.5 cm³/mol. The molecule has 6 nitrogen and oxygen atoms in total. The van der Waals surface area contributed by atoms with Crippen molar-refractivity contribution in [1.29, 1.82) is 0 Å². The van der Waals surface area contributed by atoms with Gasteiger partial charge < -0.3 is 14.8 Å². The van der Waals surface area contributed by atoms with Gasteiger partial charge in [-0.3, -0.25) is 9.59 Å². The van der Waals surface area contributed by atoms with Gasteiger partial charge in [-0.25, -0.2) is 13.6 Å². The van der Waals surface area contributed by atoms with E-state index in [1.807, 2.05) is 0 Å². The molecule has 0 aliphatic heterocycles. The summed E-state index contributed by atoms with van der Waals surface area (Å²) in [7, 11) is 0. The molecule has 0 spiro atoms. The number of benzene rings is 2. The number of rotatable bonds is 8. The van der Waals surface area contributed by atoms with E-state index in [0.717, 1.165) is 18.2 Å². The fraction of sp³-hybridized carbons (Fsp3) is 0.211. The lowest BCUT2D eigenvalue weighted by Crippen LogP contribution is -2.24. The minimum atomic E-state index is -0.824. The summed E-state index contributed by atoms with van der Waals surface area (Å²) < 4.78 is 36.3. The van der Waals surface area contributed by atoms with Crippen LogP contribution in [-0.2, 0) is 14.3 Å². The molecule has 0 aromatic heterocycles. The first-order valence-corrected chi connectivity index (χ1v) is 8.05. The number of esters is 1. The zero-order valence-electron chi connectivity index (χ0n) is 14.5. The van der Waals surface area contributed by atoms with Gasteiger partial charge in [-0.15, -0.1) is 0 Å². The summed E-state index contributed by atoms with van der Waals surface area (Å²) in [6.45, 7) is 0.617. The standard InChI is InChI=1S/C19H17F2NO5/c1-2-17(23)12-3-6-14(7-4-12)26-11-19(25)27-10-18(24)22-16-9-13(20)5-8-15(16)21/h3-9H,2,10-11H2,1H3,(H,22,24). The molecule has 0 saturated heterocycles. The smallest absolute Gasteiger partial charge is 0.344 e. The quantitative estimate of drug-likeness (QED) is 0.565. The van der Waals surface area contributed by atoms with Crippen LogP contribution in [0.15, 0.2) is 42.5 Å². The highest BCUT2D eigenvalue weighted by molar-refractivity contribution is 5.96. The van der Waals surface area contributed by atoms with E-state index in [9.17, 15) is 23.2 Å². The molecule has 2 rings (SSSR count). The SMILES string of the molecule is CCC(=O)c1ccc(OCC(=O)OCC(=O)Nc2cc(F)ccc2F)cc1. The Bertz CT molecular complexity index is 836. The van der Waals surface area contributed by atoms with Crippen molar-refractivity contribution in [3.05, 3.63) is 59.7 Å². The first-order valence-electron chi connectivity index (χ1n) is 8.05. The lowest BCUT2D eigenvalue weighted by Gasteiger charge is -2.09. The largest absolute Gasteiger partial charge is 0.482 e. The minimum Gasteiger partial charge on any atom is -0.482 e. The van der Waals surface area contributed by atoms with Gasteiger partial charge in [-0.1, -0.05) is 6.92 Å². The van der Waals surface area contributed by atoms with Crippen LogP contribution in [0.4, 0.5) is 14.5 Å². The van der Waals surface area contributed by atoms with E-state index in [1.54, 1.807) is 19.1 Å². The van der Waals surface area contributed by atoms with Crippen molar-refractivity contribution in [3.63, 3.8) is 0 Å². The second-order valence-corrected chi connectivity index (χ2v) is 5.42. The second-order valence-electron chi connectivity index (χ2n) is 5.42. The first-order chi connectivity index (χ1) is 12.9. The summed E-state index contributed by atoms with van der Waals surface area (Å²) in [4.78, 5) is 34.7. The van der Waals surface area contributed by atoms with Crippen molar-refractivity contribution in [1.82, 2.24) is 0 Å². The van der Waals surface area contributed by atoms with E-state index in [-0.39, 0.29) is 11.5 Å². The van der Waals surface area contributed by atoms with Gasteiger partial charge in [0.25, 0.3) is 5.91 Å². The summed E-state index contributed by atoms with van der Waals surface area (Å²) in [5, 5.41) is 2.10. The molecule has 1 amide bonds. The Hall–Kier alpha value is -3.29. The predicted octanol–water partition coefficient (Wildman–Crippen LogP) is 3.12. The maximum Gasteiger partial charge on any atom is 0.344 e. The van der Waals surface area contributed by atoms with Crippen LogP contribution in [0.3, 0.4) is 0 Å². The maximum absolute atomic E-state index is 13.4. The van der Waals surface area contributed by atoms with Crippen molar-refractivity contribution in [2.75, 3.05) is 18.5 Å². The Morgan fingerprint density at radius 3 is 2.37 bits per heavy atom. The Balaban J connectivity index is 1.76. The number of anilines is 1. The molecular weight excluding hydrogens is 360 g/mol. The van der Waals surface area contributed by atoms with Gasteiger partial charge in [0.1, 0.15) is 17.4 Å². The number of carbonyl (C=O) groups is 3. The zero-order valence-corrected chi connectivity index (χ0v) is 14.5. The highest BCUT2D eigenvalue weighted by Gasteiger charge is 2.12. The van der Waals surface area contributed by atoms with E-state index in [0.29, 0.717) is 17.7 Å². The van der Waals surface area contributed by atoms with Crippen LogP contribution in [0.1, 0.15) is 23.7 Å². The number of halogens is 2. The molecule has 0 radical (unpaired) electrons. The van der Waals surface area contributed by atoms with Crippen molar-refractivity contribution in [2.45, 2.75) is 13.3 Å². The lowest BCUT2D eigenvalue weighted by molar-refractivity contribution is -0.149. The monoisotopic (exact) mass is 377 g/mol. The molecule has 8 heteroatoms. The van der Waals surface area contributed by atoms with Gasteiger partial charge in [0.15, 0.2) is 19.0 Å². The van der Waals surface area contributed by atoms with E-state index >= 15 is 0 Å². The van der Waals surface area contributed by atoms with Crippen LogP contribution >= 0.6 is 0 Å². The fourth-order valence-corrected chi connectivity index (χ4v) is 2.05. The Labute approximate surface area is 154 Å². The van der Waals surface area contributed by atoms with E-state index in [4.69, 9.17) is 9.47 Å². The van der Waals surface area contributed by atoms with E-state index in [2.05, 4.69) is 5.32 Å². The highest BCUT2D eigenvalue weighted by Crippen LogP contribution is 2.15.